The number of hydrogen-bond acceptors (Lipinski definition) is 4. The summed E-state index contributed by atoms with van der Waals surface area (Å²) in [4.78, 5) is 25.1. The molecule has 21 heavy (non-hydrogen) atoms. The number of carbonyl (C=O) groups is 2. The Kier molecular flexibility index (Phi) is 3.99. The van der Waals surface area contributed by atoms with E-state index in [9.17, 15) is 9.59 Å². The molecular formula is C15H18BrN3O2. The van der Waals surface area contributed by atoms with Gasteiger partial charge >= 0.3 is 0 Å². The molecule has 1 aliphatic carbocycles. The van der Waals surface area contributed by atoms with Crippen molar-refractivity contribution in [1.29, 1.82) is 0 Å². The molecule has 0 radical (unpaired) electrons. The van der Waals surface area contributed by atoms with Crippen molar-refractivity contribution in [3.05, 3.63) is 28.2 Å². The lowest BCUT2D eigenvalue weighted by atomic mass is 10.1. The Morgan fingerprint density at radius 3 is 2.81 bits per heavy atom. The van der Waals surface area contributed by atoms with Gasteiger partial charge in [-0.25, -0.2) is 0 Å². The van der Waals surface area contributed by atoms with E-state index in [1.165, 1.54) is 18.4 Å². The van der Waals surface area contributed by atoms with Crippen LogP contribution in [0.3, 0.4) is 0 Å². The summed E-state index contributed by atoms with van der Waals surface area (Å²) in [6.07, 6.45) is 2.52. The summed E-state index contributed by atoms with van der Waals surface area (Å²) in [5.41, 5.74) is 2.07. The Morgan fingerprint density at radius 2 is 2.14 bits per heavy atom. The number of nitrogens with zero attached hydrogens (tertiary/aromatic N) is 1. The minimum Gasteiger partial charge on any atom is -0.350 e. The van der Waals surface area contributed by atoms with E-state index in [1.54, 1.807) is 6.92 Å². The van der Waals surface area contributed by atoms with Crippen LogP contribution in [0.4, 0.5) is 5.69 Å². The molecule has 1 saturated carbocycles. The SMILES string of the molecule is CC1C(=O)NC(=O)CN1c1ccc(CNC2CC2)c(Br)c1. The van der Waals surface area contributed by atoms with Crippen LogP contribution < -0.4 is 15.5 Å². The van der Waals surface area contributed by atoms with E-state index in [1.807, 2.05) is 23.1 Å². The Bertz CT molecular complexity index is 586. The first-order valence-electron chi connectivity index (χ1n) is 7.17. The van der Waals surface area contributed by atoms with Gasteiger partial charge in [-0.15, -0.1) is 0 Å². The van der Waals surface area contributed by atoms with Crippen molar-refractivity contribution < 1.29 is 9.59 Å². The number of nitrogens with one attached hydrogen (secondary N) is 2. The van der Waals surface area contributed by atoms with E-state index in [4.69, 9.17) is 0 Å². The third kappa shape index (κ3) is 3.27. The fraction of sp³-hybridized carbons (Fsp3) is 0.467. The Morgan fingerprint density at radius 1 is 1.38 bits per heavy atom. The van der Waals surface area contributed by atoms with Gasteiger partial charge in [0.25, 0.3) is 0 Å². The summed E-state index contributed by atoms with van der Waals surface area (Å²) >= 11 is 3.58. The zero-order valence-corrected chi connectivity index (χ0v) is 13.4. The minimum atomic E-state index is -0.343. The lowest BCUT2D eigenvalue weighted by Gasteiger charge is -2.33. The topological polar surface area (TPSA) is 61.4 Å². The van der Waals surface area contributed by atoms with Crippen molar-refractivity contribution in [2.24, 2.45) is 0 Å². The molecule has 1 atom stereocenters. The quantitative estimate of drug-likeness (QED) is 0.808. The molecule has 3 rings (SSSR count). The van der Waals surface area contributed by atoms with E-state index in [2.05, 4.69) is 26.6 Å². The van der Waals surface area contributed by atoms with Crippen molar-refractivity contribution in [2.45, 2.75) is 38.4 Å². The molecule has 112 valence electrons. The van der Waals surface area contributed by atoms with Gasteiger partial charge < -0.3 is 10.2 Å². The van der Waals surface area contributed by atoms with Gasteiger partial charge in [0.1, 0.15) is 6.04 Å². The molecule has 0 spiro atoms. The summed E-state index contributed by atoms with van der Waals surface area (Å²) < 4.78 is 0.999. The van der Waals surface area contributed by atoms with Crippen molar-refractivity contribution in [3.63, 3.8) is 0 Å². The predicted octanol–water partition coefficient (Wildman–Crippen LogP) is 1.55. The van der Waals surface area contributed by atoms with Crippen LogP contribution in [0.25, 0.3) is 0 Å². The van der Waals surface area contributed by atoms with Crippen LogP contribution in [0.15, 0.2) is 22.7 Å². The molecule has 2 amide bonds. The highest BCUT2D eigenvalue weighted by molar-refractivity contribution is 9.10. The smallest absolute Gasteiger partial charge is 0.249 e. The first kappa shape index (κ1) is 14.5. The maximum Gasteiger partial charge on any atom is 0.249 e. The molecule has 1 heterocycles. The number of anilines is 1. The summed E-state index contributed by atoms with van der Waals surface area (Å²) in [7, 11) is 0. The van der Waals surface area contributed by atoms with Crippen LogP contribution in [0.2, 0.25) is 0 Å². The highest BCUT2D eigenvalue weighted by Gasteiger charge is 2.30. The minimum absolute atomic E-state index is 0.207. The predicted molar refractivity (Wildman–Crippen MR) is 84.0 cm³/mol. The maximum absolute atomic E-state index is 11.7. The summed E-state index contributed by atoms with van der Waals surface area (Å²) in [6, 6.07) is 6.31. The zero-order valence-electron chi connectivity index (χ0n) is 11.9. The van der Waals surface area contributed by atoms with Crippen LogP contribution in [0, 0.1) is 0 Å². The average Bonchev–Trinajstić information content (AvgIpc) is 3.25. The molecule has 1 saturated heterocycles. The standard InChI is InChI=1S/C15H18BrN3O2/c1-9-15(21)18-14(20)8-19(9)12-5-2-10(13(16)6-12)7-17-11-3-4-11/h2,5-6,9,11,17H,3-4,7-8H2,1H3,(H,18,20,21). The number of rotatable bonds is 4. The first-order valence-corrected chi connectivity index (χ1v) is 7.96. The molecule has 2 aliphatic rings. The Balaban J connectivity index is 1.76. The lowest BCUT2D eigenvalue weighted by Crippen LogP contribution is -2.57. The van der Waals surface area contributed by atoms with Crippen LogP contribution in [0.5, 0.6) is 0 Å². The fourth-order valence-corrected chi connectivity index (χ4v) is 2.94. The molecule has 1 unspecified atom stereocenters. The van der Waals surface area contributed by atoms with Gasteiger partial charge in [0, 0.05) is 22.7 Å². The van der Waals surface area contributed by atoms with Gasteiger partial charge in [-0.3, -0.25) is 14.9 Å². The monoisotopic (exact) mass is 351 g/mol. The number of halogens is 1. The van der Waals surface area contributed by atoms with E-state index >= 15 is 0 Å². The number of carbonyl (C=O) groups excluding carboxylic acids is 2. The average molecular weight is 352 g/mol. The third-order valence-electron chi connectivity index (χ3n) is 3.95. The van der Waals surface area contributed by atoms with Crippen molar-refractivity contribution >= 4 is 33.4 Å². The second-order valence-electron chi connectivity index (χ2n) is 5.65. The number of hydrogen-bond donors (Lipinski definition) is 2. The summed E-state index contributed by atoms with van der Waals surface area (Å²) in [5, 5.41) is 5.83. The van der Waals surface area contributed by atoms with E-state index < -0.39 is 0 Å². The number of piperazine rings is 1. The van der Waals surface area contributed by atoms with Gasteiger partial charge in [0.2, 0.25) is 11.8 Å². The van der Waals surface area contributed by atoms with Gasteiger partial charge in [0.15, 0.2) is 0 Å². The Labute approximate surface area is 132 Å². The van der Waals surface area contributed by atoms with Crippen LogP contribution in [-0.4, -0.2) is 30.4 Å². The second-order valence-corrected chi connectivity index (χ2v) is 6.50. The fourth-order valence-electron chi connectivity index (χ4n) is 2.43. The van der Waals surface area contributed by atoms with Gasteiger partial charge in [-0.2, -0.15) is 0 Å². The molecule has 6 heteroatoms. The highest BCUT2D eigenvalue weighted by Crippen LogP contribution is 2.27. The van der Waals surface area contributed by atoms with E-state index in [-0.39, 0.29) is 24.4 Å². The number of imide groups is 1. The van der Waals surface area contributed by atoms with Crippen molar-refractivity contribution in [2.75, 3.05) is 11.4 Å². The molecule has 1 aromatic carbocycles. The molecule has 2 N–H and O–H groups in total. The largest absolute Gasteiger partial charge is 0.350 e. The summed E-state index contributed by atoms with van der Waals surface area (Å²) in [5.74, 6) is -0.504. The van der Waals surface area contributed by atoms with E-state index in [0.29, 0.717) is 6.04 Å². The van der Waals surface area contributed by atoms with Crippen molar-refractivity contribution in [1.82, 2.24) is 10.6 Å². The lowest BCUT2D eigenvalue weighted by molar-refractivity contribution is -0.132. The van der Waals surface area contributed by atoms with Crippen LogP contribution in [0.1, 0.15) is 25.3 Å². The van der Waals surface area contributed by atoms with Gasteiger partial charge in [-0.05, 0) is 37.5 Å². The Hall–Kier alpha value is -1.40. The maximum atomic E-state index is 11.7. The first-order chi connectivity index (χ1) is 10.0. The molecule has 0 bridgehead atoms. The van der Waals surface area contributed by atoms with Gasteiger partial charge in [0.05, 0.1) is 6.54 Å². The molecule has 5 nitrogen and oxygen atoms in total. The molecule has 2 fully saturated rings. The highest BCUT2D eigenvalue weighted by atomic mass is 79.9. The van der Waals surface area contributed by atoms with Crippen LogP contribution in [-0.2, 0) is 16.1 Å². The third-order valence-corrected chi connectivity index (χ3v) is 4.69. The molecule has 0 aromatic heterocycles. The number of amides is 2. The van der Waals surface area contributed by atoms with Crippen LogP contribution >= 0.6 is 15.9 Å². The molecular weight excluding hydrogens is 334 g/mol. The normalized spacial score (nSPS) is 22.4. The zero-order chi connectivity index (χ0) is 15.0. The second kappa shape index (κ2) is 5.77. The van der Waals surface area contributed by atoms with E-state index in [0.717, 1.165) is 16.7 Å². The van der Waals surface area contributed by atoms with Crippen molar-refractivity contribution in [3.8, 4) is 0 Å². The molecule has 1 aliphatic heterocycles. The number of benzene rings is 1. The summed E-state index contributed by atoms with van der Waals surface area (Å²) in [6.45, 7) is 2.84. The van der Waals surface area contributed by atoms with Gasteiger partial charge in [-0.1, -0.05) is 22.0 Å². The molecule has 1 aromatic rings.